The number of urea groups is 1. The number of benzene rings is 1. The Morgan fingerprint density at radius 2 is 1.82 bits per heavy atom. The van der Waals surface area contributed by atoms with Crippen LogP contribution in [0, 0.1) is 0 Å². The Hall–Kier alpha value is -2.41. The molecule has 3 N–H and O–H groups in total. The van der Waals surface area contributed by atoms with Crippen molar-refractivity contribution in [1.29, 1.82) is 0 Å². The average Bonchev–Trinajstić information content (AvgIpc) is 3.20. The summed E-state index contributed by atoms with van der Waals surface area (Å²) in [6.45, 7) is -0.0235. The second-order valence-corrected chi connectivity index (χ2v) is 5.59. The van der Waals surface area contributed by atoms with Crippen molar-refractivity contribution in [2.24, 2.45) is 0 Å². The number of aliphatic hydroxyl groups is 1. The molecular weight excluding hydrogens is 282 g/mol. The minimum atomic E-state index is -0.469. The van der Waals surface area contributed by atoms with Crippen LogP contribution in [0.15, 0.2) is 36.7 Å². The highest BCUT2D eigenvalue weighted by atomic mass is 16.3. The minimum Gasteiger partial charge on any atom is -0.394 e. The number of anilines is 1. The van der Waals surface area contributed by atoms with Crippen molar-refractivity contribution in [3.8, 4) is 5.69 Å². The largest absolute Gasteiger partial charge is 0.394 e. The Bertz CT molecular complexity index is 618. The first-order valence-corrected chi connectivity index (χ1v) is 7.38. The summed E-state index contributed by atoms with van der Waals surface area (Å²) in [5.41, 5.74) is 1.03. The van der Waals surface area contributed by atoms with Gasteiger partial charge in [-0.2, -0.15) is 15.0 Å². The maximum atomic E-state index is 12.1. The number of hydrogen-bond donors (Lipinski definition) is 3. The lowest BCUT2D eigenvalue weighted by atomic mass is 9.99. The van der Waals surface area contributed by atoms with Crippen molar-refractivity contribution in [2.75, 3.05) is 11.9 Å². The van der Waals surface area contributed by atoms with Crippen molar-refractivity contribution < 1.29 is 9.90 Å². The monoisotopic (exact) mass is 301 g/mol. The van der Waals surface area contributed by atoms with Crippen LogP contribution in [0.1, 0.15) is 25.7 Å². The topological polar surface area (TPSA) is 92.1 Å². The molecule has 0 spiro atoms. The number of carbonyl (C=O) groups is 1. The van der Waals surface area contributed by atoms with E-state index in [1.807, 2.05) is 12.1 Å². The fraction of sp³-hybridized carbons (Fsp3) is 0.400. The average molecular weight is 301 g/mol. The third-order valence-electron chi connectivity index (χ3n) is 4.02. The van der Waals surface area contributed by atoms with Crippen LogP contribution < -0.4 is 10.6 Å². The summed E-state index contributed by atoms with van der Waals surface area (Å²) in [6, 6.07) is 6.94. The van der Waals surface area contributed by atoms with E-state index in [-0.39, 0.29) is 12.6 Å². The van der Waals surface area contributed by atoms with E-state index in [9.17, 15) is 9.90 Å². The van der Waals surface area contributed by atoms with E-state index in [1.165, 1.54) is 4.80 Å². The summed E-state index contributed by atoms with van der Waals surface area (Å²) in [7, 11) is 0. The fourth-order valence-electron chi connectivity index (χ4n) is 2.80. The number of amides is 2. The third-order valence-corrected chi connectivity index (χ3v) is 4.02. The normalized spacial score (nSPS) is 16.4. The fourth-order valence-corrected chi connectivity index (χ4v) is 2.80. The van der Waals surface area contributed by atoms with Gasteiger partial charge in [-0.3, -0.25) is 0 Å². The number of carbonyl (C=O) groups excluding carboxylic acids is 1. The van der Waals surface area contributed by atoms with Gasteiger partial charge in [0.25, 0.3) is 0 Å². The summed E-state index contributed by atoms with van der Waals surface area (Å²) in [6.07, 6.45) is 6.92. The maximum Gasteiger partial charge on any atom is 0.319 e. The summed E-state index contributed by atoms with van der Waals surface area (Å²) in [5.74, 6) is 0. The summed E-state index contributed by atoms with van der Waals surface area (Å²) in [4.78, 5) is 13.6. The molecule has 1 aliphatic rings. The molecule has 1 fully saturated rings. The Morgan fingerprint density at radius 1 is 1.18 bits per heavy atom. The lowest BCUT2D eigenvalue weighted by Crippen LogP contribution is -2.50. The molecule has 1 heterocycles. The zero-order valence-electron chi connectivity index (χ0n) is 12.2. The number of nitrogens with zero attached hydrogens (tertiary/aromatic N) is 3. The molecule has 0 aliphatic heterocycles. The Labute approximate surface area is 128 Å². The van der Waals surface area contributed by atoms with Gasteiger partial charge in [-0.15, -0.1) is 0 Å². The zero-order valence-corrected chi connectivity index (χ0v) is 12.2. The second kappa shape index (κ2) is 6.15. The summed E-state index contributed by atoms with van der Waals surface area (Å²) >= 11 is 0. The lowest BCUT2D eigenvalue weighted by molar-refractivity contribution is 0.167. The third kappa shape index (κ3) is 3.09. The van der Waals surface area contributed by atoms with Crippen LogP contribution in [0.3, 0.4) is 0 Å². The van der Waals surface area contributed by atoms with E-state index >= 15 is 0 Å². The first-order valence-electron chi connectivity index (χ1n) is 7.38. The van der Waals surface area contributed by atoms with Gasteiger partial charge in [0.2, 0.25) is 0 Å². The molecule has 0 bridgehead atoms. The highest BCUT2D eigenvalue weighted by Gasteiger charge is 2.34. The van der Waals surface area contributed by atoms with Crippen LogP contribution in [0.2, 0.25) is 0 Å². The molecule has 0 unspecified atom stereocenters. The van der Waals surface area contributed by atoms with Crippen molar-refractivity contribution in [3.05, 3.63) is 36.7 Å². The van der Waals surface area contributed by atoms with Gasteiger partial charge < -0.3 is 15.7 Å². The van der Waals surface area contributed by atoms with Gasteiger partial charge in [-0.1, -0.05) is 12.8 Å². The molecule has 2 amide bonds. The van der Waals surface area contributed by atoms with E-state index in [1.54, 1.807) is 24.5 Å². The van der Waals surface area contributed by atoms with E-state index in [0.29, 0.717) is 5.69 Å². The molecule has 2 aromatic rings. The van der Waals surface area contributed by atoms with E-state index < -0.39 is 5.54 Å². The molecule has 1 aliphatic carbocycles. The minimum absolute atomic E-state index is 0.0235. The number of nitrogens with one attached hydrogen (secondary N) is 2. The van der Waals surface area contributed by atoms with Crippen molar-refractivity contribution >= 4 is 11.7 Å². The van der Waals surface area contributed by atoms with Gasteiger partial charge in [-0.05, 0) is 37.1 Å². The Kier molecular flexibility index (Phi) is 4.06. The number of rotatable bonds is 4. The Balaban J connectivity index is 1.62. The van der Waals surface area contributed by atoms with E-state index in [0.717, 1.165) is 31.4 Å². The summed E-state index contributed by atoms with van der Waals surface area (Å²) in [5, 5.41) is 23.3. The number of aliphatic hydroxyl groups excluding tert-OH is 1. The van der Waals surface area contributed by atoms with Gasteiger partial charge in [-0.25, -0.2) is 4.79 Å². The number of aromatic nitrogens is 3. The SMILES string of the molecule is O=C(Nc1ccc(-n2nccn2)cc1)NC1(CO)CCCC1. The molecule has 0 radical (unpaired) electrons. The van der Waals surface area contributed by atoms with E-state index in [4.69, 9.17) is 0 Å². The highest BCUT2D eigenvalue weighted by Crippen LogP contribution is 2.29. The van der Waals surface area contributed by atoms with Crippen LogP contribution >= 0.6 is 0 Å². The molecule has 7 heteroatoms. The quantitative estimate of drug-likeness (QED) is 0.801. The lowest BCUT2D eigenvalue weighted by Gasteiger charge is -2.27. The molecule has 22 heavy (non-hydrogen) atoms. The second-order valence-electron chi connectivity index (χ2n) is 5.59. The predicted octanol–water partition coefficient (Wildman–Crippen LogP) is 1.69. The molecule has 7 nitrogen and oxygen atoms in total. The maximum absolute atomic E-state index is 12.1. The molecule has 0 saturated heterocycles. The van der Waals surface area contributed by atoms with Gasteiger partial charge in [0.15, 0.2) is 0 Å². The molecular formula is C15H19N5O2. The van der Waals surface area contributed by atoms with E-state index in [2.05, 4.69) is 20.8 Å². The van der Waals surface area contributed by atoms with Crippen LogP contribution in [-0.4, -0.2) is 38.3 Å². The molecule has 0 atom stereocenters. The molecule has 1 aromatic carbocycles. The molecule has 1 aromatic heterocycles. The summed E-state index contributed by atoms with van der Waals surface area (Å²) < 4.78 is 0. The van der Waals surface area contributed by atoms with Gasteiger partial charge in [0, 0.05) is 5.69 Å². The number of hydrogen-bond acceptors (Lipinski definition) is 4. The van der Waals surface area contributed by atoms with Gasteiger partial charge >= 0.3 is 6.03 Å². The standard InChI is InChI=1S/C15H19N5O2/c21-11-15(7-1-2-8-15)19-14(22)18-12-3-5-13(6-4-12)20-16-9-10-17-20/h3-6,9-10,21H,1-2,7-8,11H2,(H2,18,19,22). The van der Waals surface area contributed by atoms with Crippen molar-refractivity contribution in [2.45, 2.75) is 31.2 Å². The van der Waals surface area contributed by atoms with Crippen LogP contribution in [-0.2, 0) is 0 Å². The van der Waals surface area contributed by atoms with Crippen molar-refractivity contribution in [3.63, 3.8) is 0 Å². The molecule has 3 rings (SSSR count). The zero-order chi connectivity index (χ0) is 15.4. The van der Waals surface area contributed by atoms with Crippen LogP contribution in [0.4, 0.5) is 10.5 Å². The van der Waals surface area contributed by atoms with Crippen molar-refractivity contribution in [1.82, 2.24) is 20.3 Å². The van der Waals surface area contributed by atoms with Crippen LogP contribution in [0.25, 0.3) is 5.69 Å². The predicted molar refractivity (Wildman–Crippen MR) is 81.8 cm³/mol. The first-order chi connectivity index (χ1) is 10.7. The Morgan fingerprint density at radius 3 is 2.41 bits per heavy atom. The highest BCUT2D eigenvalue weighted by molar-refractivity contribution is 5.89. The molecule has 116 valence electrons. The smallest absolute Gasteiger partial charge is 0.319 e. The van der Waals surface area contributed by atoms with Crippen LogP contribution in [0.5, 0.6) is 0 Å². The van der Waals surface area contributed by atoms with Gasteiger partial charge in [0.05, 0.1) is 30.2 Å². The van der Waals surface area contributed by atoms with Gasteiger partial charge in [0.1, 0.15) is 0 Å². The molecule has 1 saturated carbocycles. The first kappa shape index (κ1) is 14.5.